The lowest BCUT2D eigenvalue weighted by Gasteiger charge is -2.26. The summed E-state index contributed by atoms with van der Waals surface area (Å²) < 4.78 is 32.9. The third-order valence-electron chi connectivity index (χ3n) is 5.02. The largest absolute Gasteiger partial charge is 0.379 e. The van der Waals surface area contributed by atoms with E-state index in [9.17, 15) is 8.42 Å². The van der Waals surface area contributed by atoms with Crippen LogP contribution in [0.5, 0.6) is 0 Å². The van der Waals surface area contributed by atoms with Crippen molar-refractivity contribution in [2.75, 3.05) is 31.6 Å². The number of sulfonamides is 1. The van der Waals surface area contributed by atoms with Crippen LogP contribution >= 0.6 is 0 Å². The highest BCUT2D eigenvalue weighted by atomic mass is 32.2. The van der Waals surface area contributed by atoms with E-state index in [-0.39, 0.29) is 4.90 Å². The third kappa shape index (κ3) is 4.56. The van der Waals surface area contributed by atoms with E-state index in [2.05, 4.69) is 21.6 Å². The Bertz CT molecular complexity index is 1210. The number of morpholine rings is 1. The Balaban J connectivity index is 1.57. The minimum atomic E-state index is -3.61. The van der Waals surface area contributed by atoms with Gasteiger partial charge in [0.1, 0.15) is 0 Å². The molecule has 0 spiro atoms. The van der Waals surface area contributed by atoms with Crippen LogP contribution in [0.25, 0.3) is 11.3 Å². The molecule has 0 saturated carbocycles. The van der Waals surface area contributed by atoms with Crippen molar-refractivity contribution in [3.8, 4) is 17.3 Å². The molecule has 1 aromatic heterocycles. The van der Waals surface area contributed by atoms with Crippen LogP contribution in [0.3, 0.4) is 0 Å². The number of aromatic nitrogens is 2. The van der Waals surface area contributed by atoms with Gasteiger partial charge in [-0.1, -0.05) is 12.1 Å². The zero-order chi connectivity index (χ0) is 21.8. The fraction of sp³-hybridized carbons (Fsp3) is 0.227. The second-order valence-electron chi connectivity index (χ2n) is 7.11. The summed E-state index contributed by atoms with van der Waals surface area (Å²) in [7, 11) is -3.61. The quantitative estimate of drug-likeness (QED) is 0.656. The van der Waals surface area contributed by atoms with Gasteiger partial charge >= 0.3 is 0 Å². The van der Waals surface area contributed by atoms with E-state index < -0.39 is 10.0 Å². The summed E-state index contributed by atoms with van der Waals surface area (Å²) in [5, 5.41) is 20.4. The molecule has 8 nitrogen and oxygen atoms in total. The lowest BCUT2D eigenvalue weighted by Crippen LogP contribution is -2.40. The molecule has 0 bridgehead atoms. The van der Waals surface area contributed by atoms with Crippen LogP contribution < -0.4 is 5.32 Å². The molecule has 0 unspecified atom stereocenters. The molecule has 1 saturated heterocycles. The summed E-state index contributed by atoms with van der Waals surface area (Å²) in [6.45, 7) is 3.28. The monoisotopic (exact) mass is 435 g/mol. The first-order valence-corrected chi connectivity index (χ1v) is 11.2. The van der Waals surface area contributed by atoms with Crippen LogP contribution in [-0.2, 0) is 14.8 Å². The van der Waals surface area contributed by atoms with Crippen molar-refractivity contribution in [1.29, 1.82) is 5.26 Å². The summed E-state index contributed by atoms with van der Waals surface area (Å²) in [5.74, 6) is 0.543. The normalized spacial score (nSPS) is 14.7. The number of nitriles is 1. The van der Waals surface area contributed by atoms with Gasteiger partial charge in [0.2, 0.25) is 10.0 Å². The first-order chi connectivity index (χ1) is 15.0. The second-order valence-corrected chi connectivity index (χ2v) is 9.02. The number of hydrogen-bond acceptors (Lipinski definition) is 7. The molecule has 2 aromatic carbocycles. The number of nitrogens with zero attached hydrogens (tertiary/aromatic N) is 4. The Morgan fingerprint density at radius 3 is 2.42 bits per heavy atom. The minimum absolute atomic E-state index is 0.272. The molecular formula is C22H21N5O3S. The highest BCUT2D eigenvalue weighted by molar-refractivity contribution is 7.89. The van der Waals surface area contributed by atoms with Crippen molar-refractivity contribution < 1.29 is 13.2 Å². The molecule has 1 aliphatic rings. The molecule has 0 atom stereocenters. The van der Waals surface area contributed by atoms with Crippen LogP contribution in [-0.4, -0.2) is 49.2 Å². The van der Waals surface area contributed by atoms with E-state index in [1.54, 1.807) is 55.5 Å². The summed E-state index contributed by atoms with van der Waals surface area (Å²) in [4.78, 5) is 0.272. The van der Waals surface area contributed by atoms with Gasteiger partial charge in [0.15, 0.2) is 5.82 Å². The SMILES string of the molecule is Cc1ccc(-c2ccc(Nc3ccc(C#N)cc3)nn2)cc1S(=O)(=O)N1CCOCC1. The second kappa shape index (κ2) is 8.81. The maximum absolute atomic E-state index is 13.1. The van der Waals surface area contributed by atoms with E-state index in [1.165, 1.54) is 4.31 Å². The van der Waals surface area contributed by atoms with Crippen molar-refractivity contribution >= 4 is 21.5 Å². The molecule has 1 N–H and O–H groups in total. The summed E-state index contributed by atoms with van der Waals surface area (Å²) in [6.07, 6.45) is 0. The summed E-state index contributed by atoms with van der Waals surface area (Å²) in [5.41, 5.74) is 3.30. The highest BCUT2D eigenvalue weighted by Gasteiger charge is 2.28. The number of anilines is 2. The average Bonchev–Trinajstić information content (AvgIpc) is 2.81. The van der Waals surface area contributed by atoms with Gasteiger partial charge in [-0.3, -0.25) is 0 Å². The van der Waals surface area contributed by atoms with Gasteiger partial charge in [0.05, 0.1) is 35.4 Å². The summed E-state index contributed by atoms with van der Waals surface area (Å²) in [6, 6.07) is 17.9. The van der Waals surface area contributed by atoms with Gasteiger partial charge in [-0.25, -0.2) is 8.42 Å². The fourth-order valence-corrected chi connectivity index (χ4v) is 4.95. The van der Waals surface area contributed by atoms with Gasteiger partial charge in [-0.2, -0.15) is 9.57 Å². The minimum Gasteiger partial charge on any atom is -0.379 e. The van der Waals surface area contributed by atoms with Crippen molar-refractivity contribution in [2.45, 2.75) is 11.8 Å². The lowest BCUT2D eigenvalue weighted by molar-refractivity contribution is 0.0730. The van der Waals surface area contributed by atoms with Crippen LogP contribution in [0.1, 0.15) is 11.1 Å². The van der Waals surface area contributed by atoms with Gasteiger partial charge < -0.3 is 10.1 Å². The van der Waals surface area contributed by atoms with Crippen LogP contribution in [0.15, 0.2) is 59.5 Å². The first kappa shape index (κ1) is 20.9. The van der Waals surface area contributed by atoms with Crippen LogP contribution in [0, 0.1) is 18.3 Å². The third-order valence-corrected chi connectivity index (χ3v) is 7.06. The molecule has 0 aliphatic carbocycles. The van der Waals surface area contributed by atoms with E-state index in [0.717, 1.165) is 5.69 Å². The van der Waals surface area contributed by atoms with Gasteiger partial charge in [-0.05, 0) is 55.0 Å². The standard InChI is InChI=1S/C22H21N5O3S/c1-16-2-5-18(14-21(16)31(28,29)27-10-12-30-13-11-27)20-8-9-22(26-25-20)24-19-6-3-17(15-23)4-7-19/h2-9,14H,10-13H2,1H3,(H,24,26). The van der Waals surface area contributed by atoms with Crippen LogP contribution in [0.4, 0.5) is 11.5 Å². The summed E-state index contributed by atoms with van der Waals surface area (Å²) >= 11 is 0. The molecule has 4 rings (SSSR count). The molecule has 1 fully saturated rings. The Labute approximate surface area is 181 Å². The van der Waals surface area contributed by atoms with Crippen LogP contribution in [0.2, 0.25) is 0 Å². The van der Waals surface area contributed by atoms with E-state index in [4.69, 9.17) is 10.00 Å². The van der Waals surface area contributed by atoms with Gasteiger partial charge in [0.25, 0.3) is 0 Å². The lowest BCUT2D eigenvalue weighted by atomic mass is 10.1. The predicted octanol–water partition coefficient (Wildman–Crippen LogP) is 3.09. The molecule has 0 radical (unpaired) electrons. The zero-order valence-electron chi connectivity index (χ0n) is 16.9. The van der Waals surface area contributed by atoms with Gasteiger partial charge in [-0.15, -0.1) is 10.2 Å². The number of aryl methyl sites for hydroxylation is 1. The number of ether oxygens (including phenoxy) is 1. The zero-order valence-corrected chi connectivity index (χ0v) is 17.8. The van der Waals surface area contributed by atoms with Crippen molar-refractivity contribution in [2.24, 2.45) is 0 Å². The van der Waals surface area contributed by atoms with E-state index in [1.807, 2.05) is 6.07 Å². The number of hydrogen-bond donors (Lipinski definition) is 1. The van der Waals surface area contributed by atoms with E-state index in [0.29, 0.717) is 54.5 Å². The Hall–Kier alpha value is -3.32. The maximum atomic E-state index is 13.1. The number of nitrogens with one attached hydrogen (secondary N) is 1. The Kier molecular flexibility index (Phi) is 5.95. The van der Waals surface area contributed by atoms with Crippen molar-refractivity contribution in [3.63, 3.8) is 0 Å². The topological polar surface area (TPSA) is 108 Å². The Morgan fingerprint density at radius 1 is 1.03 bits per heavy atom. The fourth-order valence-electron chi connectivity index (χ4n) is 3.29. The molecule has 3 aromatic rings. The molecule has 0 amide bonds. The Morgan fingerprint density at radius 2 is 1.77 bits per heavy atom. The molecule has 1 aliphatic heterocycles. The van der Waals surface area contributed by atoms with Gasteiger partial charge in [0, 0.05) is 24.3 Å². The predicted molar refractivity (Wildman–Crippen MR) is 116 cm³/mol. The number of benzene rings is 2. The molecule has 158 valence electrons. The number of rotatable bonds is 5. The van der Waals surface area contributed by atoms with Crippen molar-refractivity contribution in [1.82, 2.24) is 14.5 Å². The maximum Gasteiger partial charge on any atom is 0.243 e. The average molecular weight is 436 g/mol. The smallest absolute Gasteiger partial charge is 0.243 e. The highest BCUT2D eigenvalue weighted by Crippen LogP contribution is 2.27. The molecule has 9 heteroatoms. The molecule has 31 heavy (non-hydrogen) atoms. The first-order valence-electron chi connectivity index (χ1n) is 9.77. The van der Waals surface area contributed by atoms with Crippen molar-refractivity contribution in [3.05, 3.63) is 65.7 Å². The van der Waals surface area contributed by atoms with E-state index >= 15 is 0 Å². The molecular weight excluding hydrogens is 414 g/mol. The molecule has 2 heterocycles.